The van der Waals surface area contributed by atoms with Crippen molar-refractivity contribution in [2.45, 2.75) is 19.0 Å². The molecule has 1 unspecified atom stereocenters. The number of nitrogens with one attached hydrogen (secondary N) is 1. The van der Waals surface area contributed by atoms with Gasteiger partial charge < -0.3 is 15.1 Å². The predicted molar refractivity (Wildman–Crippen MR) is 83.5 cm³/mol. The van der Waals surface area contributed by atoms with E-state index < -0.39 is 17.8 Å². The minimum Gasteiger partial charge on any atom is -0.349 e. The molecule has 1 aliphatic rings. The molecule has 2 rings (SSSR count). The number of alkyl halides is 3. The average Bonchev–Trinajstić information content (AvgIpc) is 2.53. The Balaban J connectivity index is 1.98. The van der Waals surface area contributed by atoms with E-state index in [1.54, 1.807) is 14.1 Å². The molecule has 0 aliphatic carbocycles. The fourth-order valence-corrected chi connectivity index (χ4v) is 2.67. The lowest BCUT2D eigenvalue weighted by Crippen LogP contribution is -2.46. The topological polar surface area (TPSA) is 52.7 Å². The van der Waals surface area contributed by atoms with E-state index in [9.17, 15) is 22.8 Å². The number of piperidine rings is 1. The number of anilines is 1. The summed E-state index contributed by atoms with van der Waals surface area (Å²) in [5, 5.41) is 2.57. The summed E-state index contributed by atoms with van der Waals surface area (Å²) in [5.41, 5.74) is -0.482. The summed E-state index contributed by atoms with van der Waals surface area (Å²) >= 11 is 0. The molecule has 1 aliphatic heterocycles. The number of nitrogens with zero attached hydrogens (tertiary/aromatic N) is 2. The number of hydrogen-bond acceptors (Lipinski definition) is 2. The van der Waals surface area contributed by atoms with Crippen molar-refractivity contribution in [1.82, 2.24) is 9.80 Å². The number of halogens is 3. The third kappa shape index (κ3) is 4.39. The molecule has 1 aromatic rings. The van der Waals surface area contributed by atoms with Crippen LogP contribution >= 0.6 is 0 Å². The van der Waals surface area contributed by atoms with Gasteiger partial charge in [0, 0.05) is 32.9 Å². The second kappa shape index (κ2) is 7.11. The maximum atomic E-state index is 12.5. The highest BCUT2D eigenvalue weighted by molar-refractivity contribution is 5.90. The van der Waals surface area contributed by atoms with Crippen molar-refractivity contribution in [2.24, 2.45) is 5.92 Å². The van der Waals surface area contributed by atoms with Crippen molar-refractivity contribution < 1.29 is 22.8 Å². The Labute approximate surface area is 138 Å². The van der Waals surface area contributed by atoms with Gasteiger partial charge in [-0.1, -0.05) is 0 Å². The number of carbonyl (C=O) groups is 2. The minimum absolute atomic E-state index is 0.0259. The summed E-state index contributed by atoms with van der Waals surface area (Å²) in [5.74, 6) is -0.269. The Hall–Kier alpha value is -2.25. The molecule has 3 amide bonds. The largest absolute Gasteiger partial charge is 0.416 e. The monoisotopic (exact) mass is 343 g/mol. The molecule has 0 bridgehead atoms. The van der Waals surface area contributed by atoms with Gasteiger partial charge in [0.05, 0.1) is 11.5 Å². The molecule has 1 fully saturated rings. The van der Waals surface area contributed by atoms with Gasteiger partial charge in [-0.05, 0) is 37.1 Å². The molecule has 5 nitrogen and oxygen atoms in total. The first-order valence-electron chi connectivity index (χ1n) is 7.63. The second-order valence-electron chi connectivity index (χ2n) is 6.02. The van der Waals surface area contributed by atoms with Crippen molar-refractivity contribution in [2.75, 3.05) is 32.5 Å². The summed E-state index contributed by atoms with van der Waals surface area (Å²) < 4.78 is 37.6. The standard InChI is InChI=1S/C16H20F3N3O2/c1-21(2)14(23)11-4-3-9-22(10-11)15(24)20-13-7-5-12(6-8-13)16(17,18)19/h5-8,11H,3-4,9-10H2,1-2H3,(H,20,24). The van der Waals surface area contributed by atoms with Crippen LogP contribution in [0.3, 0.4) is 0 Å². The van der Waals surface area contributed by atoms with Crippen LogP contribution in [0.4, 0.5) is 23.7 Å². The van der Waals surface area contributed by atoms with Crippen LogP contribution in [0.25, 0.3) is 0 Å². The molecule has 1 heterocycles. The lowest BCUT2D eigenvalue weighted by molar-refractivity contribution is -0.137. The van der Waals surface area contributed by atoms with Crippen molar-refractivity contribution in [3.8, 4) is 0 Å². The van der Waals surface area contributed by atoms with Crippen molar-refractivity contribution in [3.05, 3.63) is 29.8 Å². The van der Waals surface area contributed by atoms with Gasteiger partial charge in [0.15, 0.2) is 0 Å². The summed E-state index contributed by atoms with van der Waals surface area (Å²) in [4.78, 5) is 27.3. The van der Waals surface area contributed by atoms with Crippen molar-refractivity contribution >= 4 is 17.6 Å². The first-order chi connectivity index (χ1) is 11.2. The molecule has 24 heavy (non-hydrogen) atoms. The highest BCUT2D eigenvalue weighted by atomic mass is 19.4. The molecule has 0 spiro atoms. The number of benzene rings is 1. The zero-order chi connectivity index (χ0) is 17.9. The third-order valence-corrected chi connectivity index (χ3v) is 3.96. The fourth-order valence-electron chi connectivity index (χ4n) is 2.67. The first kappa shape index (κ1) is 18.1. The SMILES string of the molecule is CN(C)C(=O)C1CCCN(C(=O)Nc2ccc(C(F)(F)F)cc2)C1. The molecular weight excluding hydrogens is 323 g/mol. The van der Waals surface area contributed by atoms with Crippen LogP contribution in [0.2, 0.25) is 0 Å². The summed E-state index contributed by atoms with van der Waals surface area (Å²) in [6.45, 7) is 0.827. The van der Waals surface area contributed by atoms with E-state index in [1.165, 1.54) is 21.9 Å². The Bertz CT molecular complexity index is 600. The van der Waals surface area contributed by atoms with Crippen LogP contribution in [0.1, 0.15) is 18.4 Å². The van der Waals surface area contributed by atoms with Crippen LogP contribution < -0.4 is 5.32 Å². The van der Waals surface area contributed by atoms with E-state index in [0.717, 1.165) is 18.6 Å². The van der Waals surface area contributed by atoms with E-state index in [0.29, 0.717) is 19.5 Å². The number of carbonyl (C=O) groups excluding carboxylic acids is 2. The Morgan fingerprint density at radius 1 is 1.21 bits per heavy atom. The van der Waals surface area contributed by atoms with Gasteiger partial charge in [-0.15, -0.1) is 0 Å². The average molecular weight is 343 g/mol. The molecule has 0 aromatic heterocycles. The van der Waals surface area contributed by atoms with Gasteiger partial charge in [-0.25, -0.2) is 4.79 Å². The summed E-state index contributed by atoms with van der Waals surface area (Å²) in [6.07, 6.45) is -2.97. The lowest BCUT2D eigenvalue weighted by atomic mass is 9.97. The van der Waals surface area contributed by atoms with Gasteiger partial charge in [-0.2, -0.15) is 13.2 Å². The molecule has 1 atom stereocenters. The number of amides is 3. The minimum atomic E-state index is -4.41. The lowest BCUT2D eigenvalue weighted by Gasteiger charge is -2.33. The zero-order valence-electron chi connectivity index (χ0n) is 13.6. The fraction of sp³-hybridized carbons (Fsp3) is 0.500. The van der Waals surface area contributed by atoms with E-state index >= 15 is 0 Å². The van der Waals surface area contributed by atoms with E-state index in [2.05, 4.69) is 5.32 Å². The smallest absolute Gasteiger partial charge is 0.349 e. The molecule has 0 radical (unpaired) electrons. The summed E-state index contributed by atoms with van der Waals surface area (Å²) in [6, 6.07) is 3.86. The third-order valence-electron chi connectivity index (χ3n) is 3.96. The normalized spacial score (nSPS) is 18.2. The molecule has 8 heteroatoms. The van der Waals surface area contributed by atoms with Crippen molar-refractivity contribution in [1.29, 1.82) is 0 Å². The molecular formula is C16H20F3N3O2. The van der Waals surface area contributed by atoms with Crippen molar-refractivity contribution in [3.63, 3.8) is 0 Å². The Kier molecular flexibility index (Phi) is 5.36. The molecule has 1 N–H and O–H groups in total. The van der Waals surface area contributed by atoms with Crippen LogP contribution in [0, 0.1) is 5.92 Å². The summed E-state index contributed by atoms with van der Waals surface area (Å²) in [7, 11) is 3.34. The molecule has 0 saturated carbocycles. The van der Waals surface area contributed by atoms with Gasteiger partial charge in [-0.3, -0.25) is 4.79 Å². The van der Waals surface area contributed by atoms with Gasteiger partial charge in [0.25, 0.3) is 0 Å². The Morgan fingerprint density at radius 2 is 1.83 bits per heavy atom. The van der Waals surface area contributed by atoms with E-state index in [-0.39, 0.29) is 17.5 Å². The maximum absolute atomic E-state index is 12.5. The van der Waals surface area contributed by atoms with Crippen LogP contribution in [0.5, 0.6) is 0 Å². The van der Waals surface area contributed by atoms with Crippen LogP contribution in [-0.4, -0.2) is 48.9 Å². The zero-order valence-corrected chi connectivity index (χ0v) is 13.6. The maximum Gasteiger partial charge on any atom is 0.416 e. The van der Waals surface area contributed by atoms with Gasteiger partial charge in [0.2, 0.25) is 5.91 Å². The Morgan fingerprint density at radius 3 is 2.38 bits per heavy atom. The van der Waals surface area contributed by atoms with E-state index in [1.807, 2.05) is 0 Å². The highest BCUT2D eigenvalue weighted by Gasteiger charge is 2.31. The first-order valence-corrected chi connectivity index (χ1v) is 7.63. The van der Waals surface area contributed by atoms with Gasteiger partial charge >= 0.3 is 12.2 Å². The number of likely N-dealkylation sites (tertiary alicyclic amines) is 1. The molecule has 1 aromatic carbocycles. The molecule has 1 saturated heterocycles. The van der Waals surface area contributed by atoms with Crippen LogP contribution in [-0.2, 0) is 11.0 Å². The number of rotatable bonds is 2. The number of urea groups is 1. The predicted octanol–water partition coefficient (Wildman–Crippen LogP) is 3.04. The van der Waals surface area contributed by atoms with Gasteiger partial charge in [0.1, 0.15) is 0 Å². The van der Waals surface area contributed by atoms with E-state index in [4.69, 9.17) is 0 Å². The molecule has 132 valence electrons. The van der Waals surface area contributed by atoms with Crippen LogP contribution in [0.15, 0.2) is 24.3 Å². The number of hydrogen-bond donors (Lipinski definition) is 1. The highest BCUT2D eigenvalue weighted by Crippen LogP contribution is 2.30. The quantitative estimate of drug-likeness (QED) is 0.897. The second-order valence-corrected chi connectivity index (χ2v) is 6.02.